The minimum Gasteiger partial charge on any atom is -0.426 e. The molecule has 1 aliphatic rings. The third-order valence-corrected chi connectivity index (χ3v) is 3.62. The number of nitro groups is 1. The second-order valence-electron chi connectivity index (χ2n) is 5.45. The van der Waals surface area contributed by atoms with Crippen LogP contribution in [0.3, 0.4) is 0 Å². The van der Waals surface area contributed by atoms with E-state index in [0.717, 1.165) is 25.7 Å². The van der Waals surface area contributed by atoms with E-state index in [1.807, 2.05) is 12.2 Å². The molecule has 2 rings (SSSR count). The van der Waals surface area contributed by atoms with Crippen molar-refractivity contribution in [2.75, 3.05) is 0 Å². The molecule has 6 heteroatoms. The molecule has 0 aromatic heterocycles. The lowest BCUT2D eigenvalue weighted by atomic mass is 9.95. The van der Waals surface area contributed by atoms with Crippen LogP contribution >= 0.6 is 0 Å². The fourth-order valence-electron chi connectivity index (χ4n) is 2.30. The maximum Gasteiger partial charge on any atom is 0.514 e. The monoisotopic (exact) mass is 305 g/mol. The first kappa shape index (κ1) is 16.0. The summed E-state index contributed by atoms with van der Waals surface area (Å²) in [5.41, 5.74) is -0.0577. The van der Waals surface area contributed by atoms with E-state index in [2.05, 4.69) is 6.92 Å². The van der Waals surface area contributed by atoms with E-state index in [1.165, 1.54) is 24.3 Å². The standard InChI is InChI=1S/C16H19NO5/c1-12-4-2-3-5-14(9-6-12)21-16(18)22-15-10-7-13(8-11-15)17(19)20/h3,5,7-8,10-12,14H,2,4,6,9H2,1H3/b5-3+/t12-,14-/m0/s1. The minimum atomic E-state index is -0.795. The van der Waals surface area contributed by atoms with E-state index >= 15 is 0 Å². The van der Waals surface area contributed by atoms with Crippen LogP contribution in [-0.4, -0.2) is 17.2 Å². The number of allylic oxidation sites excluding steroid dienone is 1. The van der Waals surface area contributed by atoms with Crippen molar-refractivity contribution in [2.45, 2.75) is 38.7 Å². The molecule has 0 aliphatic heterocycles. The first-order chi connectivity index (χ1) is 10.5. The average Bonchev–Trinajstić information content (AvgIpc) is 2.47. The van der Waals surface area contributed by atoms with Gasteiger partial charge in [0, 0.05) is 12.1 Å². The van der Waals surface area contributed by atoms with Gasteiger partial charge in [0.2, 0.25) is 0 Å². The first-order valence-electron chi connectivity index (χ1n) is 7.34. The molecule has 1 aliphatic carbocycles. The van der Waals surface area contributed by atoms with Gasteiger partial charge >= 0.3 is 6.16 Å². The van der Waals surface area contributed by atoms with Gasteiger partial charge in [0.15, 0.2) is 0 Å². The van der Waals surface area contributed by atoms with Crippen molar-refractivity contribution < 1.29 is 19.2 Å². The number of carbonyl (C=O) groups is 1. The van der Waals surface area contributed by atoms with Gasteiger partial charge in [-0.3, -0.25) is 10.1 Å². The Morgan fingerprint density at radius 2 is 1.95 bits per heavy atom. The van der Waals surface area contributed by atoms with Crippen LogP contribution in [0, 0.1) is 16.0 Å². The number of benzene rings is 1. The second kappa shape index (κ2) is 7.59. The Balaban J connectivity index is 1.88. The number of nitrogens with zero attached hydrogens (tertiary/aromatic N) is 1. The third-order valence-electron chi connectivity index (χ3n) is 3.62. The minimum absolute atomic E-state index is 0.0577. The fraction of sp³-hybridized carbons (Fsp3) is 0.438. The van der Waals surface area contributed by atoms with Crippen LogP contribution in [0.15, 0.2) is 36.4 Å². The Bertz CT molecular complexity index is 552. The molecule has 0 spiro atoms. The smallest absolute Gasteiger partial charge is 0.426 e. The van der Waals surface area contributed by atoms with Gasteiger partial charge in [-0.2, -0.15) is 0 Å². The number of ether oxygens (including phenoxy) is 2. The summed E-state index contributed by atoms with van der Waals surface area (Å²) in [6.45, 7) is 2.19. The van der Waals surface area contributed by atoms with Crippen molar-refractivity contribution in [1.29, 1.82) is 0 Å². The van der Waals surface area contributed by atoms with Crippen LogP contribution in [0.4, 0.5) is 10.5 Å². The zero-order chi connectivity index (χ0) is 15.9. The molecule has 0 amide bonds. The summed E-state index contributed by atoms with van der Waals surface area (Å²) in [6.07, 6.45) is 6.74. The summed E-state index contributed by atoms with van der Waals surface area (Å²) >= 11 is 0. The van der Waals surface area contributed by atoms with Crippen molar-refractivity contribution in [3.63, 3.8) is 0 Å². The molecule has 22 heavy (non-hydrogen) atoms. The molecule has 0 saturated carbocycles. The topological polar surface area (TPSA) is 78.7 Å². The van der Waals surface area contributed by atoms with Crippen LogP contribution in [0.1, 0.15) is 32.6 Å². The first-order valence-corrected chi connectivity index (χ1v) is 7.34. The SMILES string of the molecule is C[C@H]1CC/C=C/[C@H](OC(=O)Oc2ccc([N+](=O)[O-])cc2)CC1. The lowest BCUT2D eigenvalue weighted by molar-refractivity contribution is -0.384. The molecule has 0 radical (unpaired) electrons. The van der Waals surface area contributed by atoms with Crippen LogP contribution in [-0.2, 0) is 4.74 Å². The molecule has 0 unspecified atom stereocenters. The van der Waals surface area contributed by atoms with Crippen molar-refractivity contribution in [3.8, 4) is 5.75 Å². The zero-order valence-corrected chi connectivity index (χ0v) is 12.4. The fourth-order valence-corrected chi connectivity index (χ4v) is 2.30. The van der Waals surface area contributed by atoms with Crippen molar-refractivity contribution in [3.05, 3.63) is 46.5 Å². The number of nitro benzene ring substituents is 1. The highest BCUT2D eigenvalue weighted by molar-refractivity contribution is 5.64. The van der Waals surface area contributed by atoms with E-state index in [9.17, 15) is 14.9 Å². The van der Waals surface area contributed by atoms with E-state index in [4.69, 9.17) is 9.47 Å². The van der Waals surface area contributed by atoms with Crippen LogP contribution in [0.25, 0.3) is 0 Å². The molecule has 0 saturated heterocycles. The number of hydrogen-bond acceptors (Lipinski definition) is 5. The summed E-state index contributed by atoms with van der Waals surface area (Å²) in [4.78, 5) is 21.8. The maximum absolute atomic E-state index is 11.8. The predicted molar refractivity (Wildman–Crippen MR) is 80.8 cm³/mol. The molecule has 0 bridgehead atoms. The van der Waals surface area contributed by atoms with E-state index in [1.54, 1.807) is 0 Å². The van der Waals surface area contributed by atoms with Crippen LogP contribution in [0.2, 0.25) is 0 Å². The Morgan fingerprint density at radius 1 is 1.23 bits per heavy atom. The zero-order valence-electron chi connectivity index (χ0n) is 12.4. The molecule has 6 nitrogen and oxygen atoms in total. The molecule has 2 atom stereocenters. The Kier molecular flexibility index (Phi) is 5.52. The van der Waals surface area contributed by atoms with E-state index < -0.39 is 11.1 Å². The lowest BCUT2D eigenvalue weighted by Crippen LogP contribution is -2.20. The van der Waals surface area contributed by atoms with Crippen LogP contribution < -0.4 is 4.74 Å². The summed E-state index contributed by atoms with van der Waals surface area (Å²) in [7, 11) is 0. The van der Waals surface area contributed by atoms with Crippen molar-refractivity contribution in [2.24, 2.45) is 5.92 Å². The Morgan fingerprint density at radius 3 is 2.64 bits per heavy atom. The normalized spacial score (nSPS) is 23.0. The van der Waals surface area contributed by atoms with E-state index in [-0.39, 0.29) is 17.5 Å². The van der Waals surface area contributed by atoms with Gasteiger partial charge in [0.25, 0.3) is 5.69 Å². The third kappa shape index (κ3) is 4.87. The van der Waals surface area contributed by atoms with Gasteiger partial charge in [-0.1, -0.05) is 13.0 Å². The predicted octanol–water partition coefficient (Wildman–Crippen LogP) is 4.25. The highest BCUT2D eigenvalue weighted by Crippen LogP contribution is 2.21. The van der Waals surface area contributed by atoms with Gasteiger partial charge in [-0.05, 0) is 49.8 Å². The molecular formula is C16H19NO5. The van der Waals surface area contributed by atoms with Crippen molar-refractivity contribution in [1.82, 2.24) is 0 Å². The van der Waals surface area contributed by atoms with Gasteiger partial charge in [-0.25, -0.2) is 4.79 Å². The molecular weight excluding hydrogens is 286 g/mol. The molecule has 0 N–H and O–H groups in total. The lowest BCUT2D eigenvalue weighted by Gasteiger charge is -2.19. The van der Waals surface area contributed by atoms with E-state index in [0.29, 0.717) is 5.92 Å². The number of rotatable bonds is 3. The Labute approximate surface area is 128 Å². The summed E-state index contributed by atoms with van der Waals surface area (Å²) in [6, 6.07) is 5.30. The Hall–Kier alpha value is -2.37. The van der Waals surface area contributed by atoms with Crippen molar-refractivity contribution >= 4 is 11.8 Å². The number of non-ortho nitro benzene ring substituents is 1. The highest BCUT2D eigenvalue weighted by atomic mass is 16.7. The number of carbonyl (C=O) groups excluding carboxylic acids is 1. The van der Waals surface area contributed by atoms with Gasteiger partial charge in [0.05, 0.1) is 4.92 Å². The maximum atomic E-state index is 11.8. The van der Waals surface area contributed by atoms with Gasteiger partial charge < -0.3 is 9.47 Å². The van der Waals surface area contributed by atoms with Crippen LogP contribution in [0.5, 0.6) is 5.75 Å². The average molecular weight is 305 g/mol. The highest BCUT2D eigenvalue weighted by Gasteiger charge is 2.17. The largest absolute Gasteiger partial charge is 0.514 e. The molecule has 0 heterocycles. The molecule has 118 valence electrons. The summed E-state index contributed by atoms with van der Waals surface area (Å²) < 4.78 is 10.3. The summed E-state index contributed by atoms with van der Waals surface area (Å²) in [5, 5.41) is 10.5. The molecule has 1 aromatic rings. The van der Waals surface area contributed by atoms with Gasteiger partial charge in [0.1, 0.15) is 11.9 Å². The number of hydrogen-bond donors (Lipinski definition) is 0. The molecule has 0 fully saturated rings. The quantitative estimate of drug-likeness (QED) is 0.274. The summed E-state index contributed by atoms with van der Waals surface area (Å²) in [5.74, 6) is 0.834. The van der Waals surface area contributed by atoms with Gasteiger partial charge in [-0.15, -0.1) is 0 Å². The molecule has 1 aromatic carbocycles. The second-order valence-corrected chi connectivity index (χ2v) is 5.45.